The van der Waals surface area contributed by atoms with E-state index in [1.165, 1.54) is 6.20 Å². The topological polar surface area (TPSA) is 42.4 Å². The van der Waals surface area contributed by atoms with Crippen LogP contribution in [0.3, 0.4) is 0 Å². The zero-order valence-electron chi connectivity index (χ0n) is 10.6. The first-order chi connectivity index (χ1) is 9.47. The van der Waals surface area contributed by atoms with Gasteiger partial charge in [0.2, 0.25) is 0 Å². The maximum Gasteiger partial charge on any atom is 0.411 e. The average molecular weight is 285 g/mol. The van der Waals surface area contributed by atoms with E-state index in [1.807, 2.05) is 24.3 Å². The van der Waals surface area contributed by atoms with Crippen LogP contribution in [0.1, 0.15) is 18.1 Å². The van der Waals surface area contributed by atoms with Crippen LogP contribution in [0.5, 0.6) is 0 Å². The summed E-state index contributed by atoms with van der Waals surface area (Å²) in [5, 5.41) is 11.8. The zero-order valence-corrected chi connectivity index (χ0v) is 10.6. The molecule has 3 nitrogen and oxygen atoms in total. The first-order valence-electron chi connectivity index (χ1n) is 6.12. The predicted molar refractivity (Wildman–Crippen MR) is 68.2 cm³/mol. The van der Waals surface area contributed by atoms with Gasteiger partial charge in [0.05, 0.1) is 6.10 Å². The smallest absolute Gasteiger partial charge is 0.388 e. The second-order valence-corrected chi connectivity index (χ2v) is 4.42. The van der Waals surface area contributed by atoms with Gasteiger partial charge < -0.3 is 9.84 Å². The number of rotatable bonds is 5. The highest BCUT2D eigenvalue weighted by Gasteiger charge is 2.27. The number of benzene rings is 1. The van der Waals surface area contributed by atoms with Crippen molar-refractivity contribution in [1.82, 2.24) is 4.98 Å². The predicted octanol–water partition coefficient (Wildman–Crippen LogP) is 3.24. The van der Waals surface area contributed by atoms with Crippen LogP contribution in [0.25, 0.3) is 10.8 Å². The first-order valence-corrected chi connectivity index (χ1v) is 6.12. The van der Waals surface area contributed by atoms with Gasteiger partial charge in [-0.1, -0.05) is 24.3 Å². The number of aromatic nitrogens is 1. The van der Waals surface area contributed by atoms with E-state index in [0.717, 1.165) is 10.8 Å². The van der Waals surface area contributed by atoms with Crippen molar-refractivity contribution in [3.05, 3.63) is 42.2 Å². The van der Waals surface area contributed by atoms with E-state index in [2.05, 4.69) is 9.72 Å². The number of hydrogen-bond donors (Lipinski definition) is 1. The molecule has 0 aliphatic carbocycles. The third-order valence-electron chi connectivity index (χ3n) is 2.86. The molecule has 20 heavy (non-hydrogen) atoms. The summed E-state index contributed by atoms with van der Waals surface area (Å²) < 4.78 is 40.2. The van der Waals surface area contributed by atoms with Crippen molar-refractivity contribution >= 4 is 10.8 Å². The molecule has 2 rings (SSSR count). The molecule has 0 saturated heterocycles. The number of halogens is 3. The summed E-state index contributed by atoms with van der Waals surface area (Å²) >= 11 is 0. The summed E-state index contributed by atoms with van der Waals surface area (Å²) in [7, 11) is 0. The molecule has 1 heterocycles. The molecule has 6 heteroatoms. The number of pyridine rings is 1. The van der Waals surface area contributed by atoms with Gasteiger partial charge >= 0.3 is 6.18 Å². The van der Waals surface area contributed by atoms with Crippen molar-refractivity contribution < 1.29 is 23.0 Å². The van der Waals surface area contributed by atoms with Crippen LogP contribution in [-0.2, 0) is 4.74 Å². The lowest BCUT2D eigenvalue weighted by Gasteiger charge is -2.14. The van der Waals surface area contributed by atoms with E-state index >= 15 is 0 Å². The monoisotopic (exact) mass is 285 g/mol. The van der Waals surface area contributed by atoms with Gasteiger partial charge in [0.15, 0.2) is 0 Å². The molecule has 1 atom stereocenters. The van der Waals surface area contributed by atoms with E-state index in [1.54, 1.807) is 6.20 Å². The highest BCUT2D eigenvalue weighted by atomic mass is 19.4. The van der Waals surface area contributed by atoms with E-state index < -0.39 is 18.9 Å². The second-order valence-electron chi connectivity index (χ2n) is 4.42. The number of nitrogens with zero attached hydrogens (tertiary/aromatic N) is 1. The summed E-state index contributed by atoms with van der Waals surface area (Å²) in [6.07, 6.45) is -1.96. The average Bonchev–Trinajstić information content (AvgIpc) is 2.41. The van der Waals surface area contributed by atoms with Gasteiger partial charge in [-0.05, 0) is 5.39 Å². The van der Waals surface area contributed by atoms with Crippen molar-refractivity contribution in [2.24, 2.45) is 0 Å². The number of aliphatic hydroxyl groups excluding tert-OH is 1. The minimum absolute atomic E-state index is 0.0891. The molecule has 0 aliphatic rings. The number of aliphatic hydroxyl groups is 1. The van der Waals surface area contributed by atoms with Crippen LogP contribution in [0.4, 0.5) is 13.2 Å². The molecule has 0 amide bonds. The molecule has 1 aromatic heterocycles. The molecule has 1 N–H and O–H groups in total. The van der Waals surface area contributed by atoms with Crippen molar-refractivity contribution in [2.75, 3.05) is 13.2 Å². The van der Waals surface area contributed by atoms with Crippen LogP contribution in [0.15, 0.2) is 36.7 Å². The van der Waals surface area contributed by atoms with Gasteiger partial charge in [0, 0.05) is 36.4 Å². The summed E-state index contributed by atoms with van der Waals surface area (Å²) in [4.78, 5) is 4.02. The van der Waals surface area contributed by atoms with E-state index in [0.29, 0.717) is 5.56 Å². The molecule has 0 radical (unpaired) electrons. The molecule has 1 aromatic carbocycles. The Balaban J connectivity index is 1.99. The Morgan fingerprint density at radius 3 is 2.70 bits per heavy atom. The van der Waals surface area contributed by atoms with E-state index in [9.17, 15) is 18.3 Å². The Kier molecular flexibility index (Phi) is 4.57. The normalized spacial score (nSPS) is 13.6. The fraction of sp³-hybridized carbons (Fsp3) is 0.357. The minimum Gasteiger partial charge on any atom is -0.388 e. The van der Waals surface area contributed by atoms with Gasteiger partial charge in [0.1, 0.15) is 6.61 Å². The molecule has 0 fully saturated rings. The van der Waals surface area contributed by atoms with Gasteiger partial charge in [-0.3, -0.25) is 4.98 Å². The standard InChI is InChI=1S/C14H14F3NO2/c15-14(16,17)9-20-6-5-13(19)12-8-18-7-10-3-1-2-4-11(10)12/h1-4,7-8,13,19H,5-6,9H2. The van der Waals surface area contributed by atoms with Crippen LogP contribution in [0, 0.1) is 0 Å². The lowest BCUT2D eigenvalue weighted by atomic mass is 10.0. The van der Waals surface area contributed by atoms with E-state index in [4.69, 9.17) is 0 Å². The molecule has 0 saturated carbocycles. The van der Waals surface area contributed by atoms with E-state index in [-0.39, 0.29) is 13.0 Å². The van der Waals surface area contributed by atoms with Crippen LogP contribution >= 0.6 is 0 Å². The highest BCUT2D eigenvalue weighted by molar-refractivity contribution is 5.84. The fourth-order valence-electron chi connectivity index (χ4n) is 1.94. The van der Waals surface area contributed by atoms with Crippen molar-refractivity contribution in [1.29, 1.82) is 0 Å². The Morgan fingerprint density at radius 1 is 1.20 bits per heavy atom. The maximum atomic E-state index is 11.9. The van der Waals surface area contributed by atoms with Crippen molar-refractivity contribution in [3.8, 4) is 0 Å². The molecule has 108 valence electrons. The zero-order chi connectivity index (χ0) is 14.6. The molecular weight excluding hydrogens is 271 g/mol. The number of ether oxygens (including phenoxy) is 1. The molecule has 0 aliphatic heterocycles. The Hall–Kier alpha value is -1.66. The van der Waals surface area contributed by atoms with Gasteiger partial charge in [-0.2, -0.15) is 13.2 Å². The Labute approximate surface area is 114 Å². The lowest BCUT2D eigenvalue weighted by Crippen LogP contribution is -2.18. The Morgan fingerprint density at radius 2 is 1.95 bits per heavy atom. The van der Waals surface area contributed by atoms with Gasteiger partial charge in [0.25, 0.3) is 0 Å². The molecular formula is C14H14F3NO2. The van der Waals surface area contributed by atoms with Crippen LogP contribution in [-0.4, -0.2) is 29.5 Å². The summed E-state index contributed by atoms with van der Waals surface area (Å²) in [5.41, 5.74) is 0.596. The summed E-state index contributed by atoms with van der Waals surface area (Å²) in [5.74, 6) is 0. The first kappa shape index (κ1) is 14.7. The largest absolute Gasteiger partial charge is 0.411 e. The highest BCUT2D eigenvalue weighted by Crippen LogP contribution is 2.25. The van der Waals surface area contributed by atoms with Crippen LogP contribution in [0.2, 0.25) is 0 Å². The lowest BCUT2D eigenvalue weighted by molar-refractivity contribution is -0.175. The number of alkyl halides is 3. The second kappa shape index (κ2) is 6.19. The van der Waals surface area contributed by atoms with Gasteiger partial charge in [-0.15, -0.1) is 0 Å². The third-order valence-corrected chi connectivity index (χ3v) is 2.86. The number of fused-ring (bicyclic) bond motifs is 1. The molecule has 0 spiro atoms. The third kappa shape index (κ3) is 3.91. The maximum absolute atomic E-state index is 11.9. The molecule has 1 unspecified atom stereocenters. The SMILES string of the molecule is OC(CCOCC(F)(F)F)c1cncc2ccccc12. The van der Waals surface area contributed by atoms with Crippen molar-refractivity contribution in [3.63, 3.8) is 0 Å². The molecule has 2 aromatic rings. The van der Waals surface area contributed by atoms with Gasteiger partial charge in [-0.25, -0.2) is 0 Å². The Bertz CT molecular complexity index is 566. The minimum atomic E-state index is -4.34. The summed E-state index contributed by atoms with van der Waals surface area (Å²) in [6, 6.07) is 7.39. The van der Waals surface area contributed by atoms with Crippen molar-refractivity contribution in [2.45, 2.75) is 18.7 Å². The summed E-state index contributed by atoms with van der Waals surface area (Å²) in [6.45, 7) is -1.46. The van der Waals surface area contributed by atoms with Crippen LogP contribution < -0.4 is 0 Å². The fourth-order valence-corrected chi connectivity index (χ4v) is 1.94. The number of hydrogen-bond acceptors (Lipinski definition) is 3. The quantitative estimate of drug-likeness (QED) is 0.858. The molecule has 0 bridgehead atoms.